The van der Waals surface area contributed by atoms with Gasteiger partial charge in [-0.05, 0) is 71.2 Å². The number of amidine groups is 1. The van der Waals surface area contributed by atoms with Gasteiger partial charge in [0.2, 0.25) is 0 Å². The van der Waals surface area contributed by atoms with Crippen molar-refractivity contribution >= 4 is 17.8 Å². The largest absolute Gasteiger partial charge is 0.496 e. The molecule has 1 atom stereocenters. The van der Waals surface area contributed by atoms with E-state index in [9.17, 15) is 14.7 Å². The number of methoxy groups -OCH3 is 1. The summed E-state index contributed by atoms with van der Waals surface area (Å²) in [7, 11) is 1.51. The Kier molecular flexibility index (Phi) is 15.4. The zero-order chi connectivity index (χ0) is 30.2. The number of benzene rings is 1. The summed E-state index contributed by atoms with van der Waals surface area (Å²) in [4.78, 5) is 26.8. The number of nitrogens with one attached hydrogen (secondary N) is 2. The summed E-state index contributed by atoms with van der Waals surface area (Å²) >= 11 is 0. The minimum Gasteiger partial charge on any atom is -0.496 e. The van der Waals surface area contributed by atoms with E-state index in [0.717, 1.165) is 18.4 Å². The van der Waals surface area contributed by atoms with Gasteiger partial charge >= 0.3 is 6.09 Å². The molecular weight excluding hydrogens is 510 g/mol. The molecule has 5 N–H and O–H groups in total. The molecule has 0 saturated carbocycles. The molecule has 0 saturated heterocycles. The van der Waals surface area contributed by atoms with E-state index in [1.807, 2.05) is 39.8 Å². The fraction of sp³-hybridized carbons (Fsp3) is 0.500. The minimum absolute atomic E-state index is 0.102. The maximum Gasteiger partial charge on any atom is 0.410 e. The van der Waals surface area contributed by atoms with Crippen LogP contribution in [0.25, 0.3) is 0 Å². The Morgan fingerprint density at radius 1 is 1.23 bits per heavy atom. The number of aliphatic hydroxyl groups excluding tert-OH is 1. The normalized spacial score (nSPS) is 12.8. The molecule has 0 bridgehead atoms. The van der Waals surface area contributed by atoms with E-state index in [4.69, 9.17) is 20.7 Å². The van der Waals surface area contributed by atoms with Crippen LogP contribution in [0.2, 0.25) is 0 Å². The van der Waals surface area contributed by atoms with E-state index in [1.165, 1.54) is 12.1 Å². The summed E-state index contributed by atoms with van der Waals surface area (Å²) in [5, 5.41) is 21.8. The molecule has 0 aliphatic carbocycles. The second-order valence-electron chi connectivity index (χ2n) is 9.70. The molecule has 2 amide bonds. The molecule has 0 heterocycles. The third-order valence-corrected chi connectivity index (χ3v) is 6.01. The number of allylic oxidation sites excluding steroid dienone is 4. The van der Waals surface area contributed by atoms with Crippen LogP contribution in [0.4, 0.5) is 4.79 Å². The minimum atomic E-state index is -0.393. The number of carbonyl (C=O) groups is 2. The van der Waals surface area contributed by atoms with Crippen molar-refractivity contribution < 1.29 is 24.2 Å². The quantitative estimate of drug-likeness (QED) is 0.0815. The fourth-order valence-electron chi connectivity index (χ4n) is 3.58. The first-order chi connectivity index (χ1) is 19.0. The van der Waals surface area contributed by atoms with Crippen LogP contribution < -0.4 is 15.9 Å². The van der Waals surface area contributed by atoms with Gasteiger partial charge in [0.25, 0.3) is 5.91 Å². The molecule has 0 aliphatic heterocycles. The molecule has 10 heteroatoms. The summed E-state index contributed by atoms with van der Waals surface area (Å²) < 4.78 is 10.8. The summed E-state index contributed by atoms with van der Waals surface area (Å²) in [5.74, 6) is 6.20. The first kappa shape index (κ1) is 34.4. The average molecular weight is 558 g/mol. The summed E-state index contributed by atoms with van der Waals surface area (Å²) in [6.07, 6.45) is 8.90. The highest BCUT2D eigenvalue weighted by molar-refractivity contribution is 5.99. The van der Waals surface area contributed by atoms with Gasteiger partial charge in [0, 0.05) is 24.4 Å². The first-order valence-electron chi connectivity index (χ1n) is 13.7. The van der Waals surface area contributed by atoms with Crippen molar-refractivity contribution in [2.45, 2.75) is 73.0 Å². The van der Waals surface area contributed by atoms with Gasteiger partial charge in [-0.3, -0.25) is 15.2 Å². The first-order valence-corrected chi connectivity index (χ1v) is 13.7. The van der Waals surface area contributed by atoms with Crippen LogP contribution in [-0.4, -0.2) is 71.8 Å². The van der Waals surface area contributed by atoms with Crippen LogP contribution in [0.3, 0.4) is 0 Å². The Balaban J connectivity index is 2.94. The predicted molar refractivity (Wildman–Crippen MR) is 159 cm³/mol. The predicted octanol–water partition coefficient (Wildman–Crippen LogP) is 4.55. The van der Waals surface area contributed by atoms with Crippen LogP contribution in [0.1, 0.15) is 70.3 Å². The van der Waals surface area contributed by atoms with Gasteiger partial charge < -0.3 is 24.8 Å². The molecule has 1 rings (SSSR count). The van der Waals surface area contributed by atoms with Crippen molar-refractivity contribution in [3.05, 3.63) is 64.9 Å². The van der Waals surface area contributed by atoms with Crippen molar-refractivity contribution in [3.8, 4) is 5.75 Å². The number of carbonyl (C=O) groups excluding carboxylic acids is 2. The zero-order valence-electron chi connectivity index (χ0n) is 25.0. The average Bonchev–Trinajstić information content (AvgIpc) is 2.93. The Bertz CT molecular complexity index is 1080. The van der Waals surface area contributed by atoms with Crippen LogP contribution in [0, 0.1) is 5.41 Å². The number of hydrogen-bond donors (Lipinski definition) is 4. The smallest absolute Gasteiger partial charge is 0.410 e. The van der Waals surface area contributed by atoms with Crippen molar-refractivity contribution in [2.75, 3.05) is 26.8 Å². The Labute approximate surface area is 239 Å². The molecule has 10 nitrogen and oxygen atoms in total. The molecule has 0 aromatic heterocycles. The molecule has 0 fully saturated rings. The summed E-state index contributed by atoms with van der Waals surface area (Å²) in [5.41, 5.74) is 2.54. The Morgan fingerprint density at radius 3 is 2.50 bits per heavy atom. The molecule has 0 spiro atoms. The van der Waals surface area contributed by atoms with Crippen molar-refractivity contribution in [1.29, 1.82) is 5.41 Å². The second kappa shape index (κ2) is 17.9. The lowest BCUT2D eigenvalue weighted by Gasteiger charge is -2.25. The van der Waals surface area contributed by atoms with Gasteiger partial charge in [-0.25, -0.2) is 10.6 Å². The number of aliphatic hydroxyl groups is 1. The highest BCUT2D eigenvalue weighted by Crippen LogP contribution is 2.21. The lowest BCUT2D eigenvalue weighted by atomic mass is 10.1. The monoisotopic (exact) mass is 557 g/mol. The van der Waals surface area contributed by atoms with E-state index < -0.39 is 6.04 Å². The molecular formula is C30H47N5O5. The molecule has 1 aromatic carbocycles. The molecule has 222 valence electrons. The van der Waals surface area contributed by atoms with E-state index >= 15 is 0 Å². The maximum atomic E-state index is 13.0. The SMILES string of the molecule is CCC/C=C(/C=C\C=C(/C)NC(=O)c1ccc(CCN(CC)C(=O)OC(C)C)cc1OC)C(=N)N(N)C(C)CO. The van der Waals surface area contributed by atoms with E-state index in [0.29, 0.717) is 42.1 Å². The number of hydrazine groups is 1. The van der Waals surface area contributed by atoms with Crippen LogP contribution in [-0.2, 0) is 11.2 Å². The number of nitrogens with two attached hydrogens (primary N) is 1. The van der Waals surface area contributed by atoms with Gasteiger partial charge in [-0.2, -0.15) is 0 Å². The molecule has 40 heavy (non-hydrogen) atoms. The molecule has 0 radical (unpaired) electrons. The number of nitrogens with zero attached hydrogens (tertiary/aromatic N) is 2. The maximum absolute atomic E-state index is 13.0. The van der Waals surface area contributed by atoms with Crippen molar-refractivity contribution in [2.24, 2.45) is 5.84 Å². The number of likely N-dealkylation sites (N-methyl/N-ethyl adjacent to an activating group) is 1. The van der Waals surface area contributed by atoms with Crippen LogP contribution in [0.15, 0.2) is 53.8 Å². The van der Waals surface area contributed by atoms with Crippen LogP contribution >= 0.6 is 0 Å². The topological polar surface area (TPSA) is 141 Å². The molecule has 1 aromatic rings. The second-order valence-corrected chi connectivity index (χ2v) is 9.70. The fourth-order valence-corrected chi connectivity index (χ4v) is 3.58. The van der Waals surface area contributed by atoms with Crippen LogP contribution in [0.5, 0.6) is 5.75 Å². The number of hydrogen-bond acceptors (Lipinski definition) is 7. The van der Waals surface area contributed by atoms with E-state index in [2.05, 4.69) is 5.32 Å². The summed E-state index contributed by atoms with van der Waals surface area (Å²) in [6, 6.07) is 4.97. The highest BCUT2D eigenvalue weighted by Gasteiger charge is 2.17. The van der Waals surface area contributed by atoms with Gasteiger partial charge in [0.1, 0.15) is 11.6 Å². The van der Waals surface area contributed by atoms with Crippen molar-refractivity contribution in [3.63, 3.8) is 0 Å². The molecule has 0 aliphatic rings. The van der Waals surface area contributed by atoms with Gasteiger partial charge in [-0.1, -0.05) is 37.6 Å². The zero-order valence-corrected chi connectivity index (χ0v) is 25.0. The number of ether oxygens (including phenoxy) is 2. The Hall–Kier alpha value is -3.63. The molecule has 1 unspecified atom stereocenters. The third kappa shape index (κ3) is 11.2. The van der Waals surface area contributed by atoms with E-state index in [1.54, 1.807) is 49.1 Å². The van der Waals surface area contributed by atoms with Crippen molar-refractivity contribution in [1.82, 2.24) is 15.2 Å². The summed E-state index contributed by atoms with van der Waals surface area (Å²) in [6.45, 7) is 11.9. The number of rotatable bonds is 15. The highest BCUT2D eigenvalue weighted by atomic mass is 16.6. The van der Waals surface area contributed by atoms with Gasteiger partial charge in [0.15, 0.2) is 0 Å². The lowest BCUT2D eigenvalue weighted by molar-refractivity contribution is 0.0786. The Morgan fingerprint density at radius 2 is 1.93 bits per heavy atom. The number of amides is 2. The van der Waals surface area contributed by atoms with E-state index in [-0.39, 0.29) is 30.5 Å². The van der Waals surface area contributed by atoms with Gasteiger partial charge in [0.05, 0.1) is 31.4 Å². The van der Waals surface area contributed by atoms with Gasteiger partial charge in [-0.15, -0.1) is 0 Å². The standard InChI is InChI=1S/C30H47N5O5/c1-8-10-13-25(28(31)35(32)23(6)20-36)14-11-12-22(5)33-29(37)26-16-15-24(19-27(26)39-7)17-18-34(9-2)30(38)40-21(3)4/h11-16,19,21,23,31,36H,8-10,17-18,20,32H2,1-7H3,(H,33,37)/b14-11-,22-12+,25-13-,31-28?. The number of unbranched alkanes of at least 4 members (excludes halogenated alkanes) is 1. The third-order valence-electron chi connectivity index (χ3n) is 6.01. The lowest BCUT2D eigenvalue weighted by Crippen LogP contribution is -2.46.